The predicted octanol–water partition coefficient (Wildman–Crippen LogP) is 2.73. The van der Waals surface area contributed by atoms with E-state index in [1.165, 1.54) is 39.1 Å². The van der Waals surface area contributed by atoms with Crippen LogP contribution in [-0.2, 0) is 11.3 Å². The van der Waals surface area contributed by atoms with Crippen molar-refractivity contribution in [2.75, 3.05) is 7.11 Å². The minimum atomic E-state index is -0.409. The summed E-state index contributed by atoms with van der Waals surface area (Å²) in [6, 6.07) is 2.38. The number of rotatable bonds is 4. The van der Waals surface area contributed by atoms with E-state index in [4.69, 9.17) is 4.42 Å². The zero-order valence-corrected chi connectivity index (χ0v) is 11.1. The van der Waals surface area contributed by atoms with E-state index in [1.54, 1.807) is 0 Å². The Hall–Kier alpha value is -1.29. The SMILES string of the molecule is COC(=O)c1occc1CNC1CCCC(C)C1. The number of hydrogen-bond donors (Lipinski definition) is 1. The van der Waals surface area contributed by atoms with Gasteiger partial charge in [0.1, 0.15) is 0 Å². The summed E-state index contributed by atoms with van der Waals surface area (Å²) in [5, 5.41) is 3.51. The Morgan fingerprint density at radius 1 is 1.56 bits per heavy atom. The van der Waals surface area contributed by atoms with Crippen molar-refractivity contribution < 1.29 is 13.9 Å². The van der Waals surface area contributed by atoms with Gasteiger partial charge in [0.15, 0.2) is 0 Å². The molecule has 1 aromatic rings. The van der Waals surface area contributed by atoms with Crippen molar-refractivity contribution in [3.63, 3.8) is 0 Å². The molecular formula is C14H21NO3. The third-order valence-corrected chi connectivity index (χ3v) is 3.64. The van der Waals surface area contributed by atoms with E-state index < -0.39 is 5.97 Å². The van der Waals surface area contributed by atoms with Crippen LogP contribution in [-0.4, -0.2) is 19.1 Å². The third-order valence-electron chi connectivity index (χ3n) is 3.64. The van der Waals surface area contributed by atoms with Crippen LogP contribution in [0, 0.1) is 5.92 Å². The van der Waals surface area contributed by atoms with E-state index >= 15 is 0 Å². The fourth-order valence-electron chi connectivity index (χ4n) is 2.62. The van der Waals surface area contributed by atoms with Gasteiger partial charge in [-0.15, -0.1) is 0 Å². The maximum absolute atomic E-state index is 11.5. The molecule has 1 aliphatic rings. The molecule has 0 spiro atoms. The molecule has 2 atom stereocenters. The van der Waals surface area contributed by atoms with E-state index in [-0.39, 0.29) is 0 Å². The first kappa shape index (κ1) is 13.1. The molecule has 1 aromatic heterocycles. The highest BCUT2D eigenvalue weighted by molar-refractivity contribution is 5.87. The quantitative estimate of drug-likeness (QED) is 0.836. The summed E-state index contributed by atoms with van der Waals surface area (Å²) in [4.78, 5) is 11.5. The fourth-order valence-corrected chi connectivity index (χ4v) is 2.62. The van der Waals surface area contributed by atoms with E-state index in [2.05, 4.69) is 17.0 Å². The number of esters is 1. The molecular weight excluding hydrogens is 230 g/mol. The summed E-state index contributed by atoms with van der Waals surface area (Å²) in [5.41, 5.74) is 0.875. The van der Waals surface area contributed by atoms with Crippen LogP contribution in [0.3, 0.4) is 0 Å². The van der Waals surface area contributed by atoms with Gasteiger partial charge in [0, 0.05) is 18.2 Å². The van der Waals surface area contributed by atoms with Gasteiger partial charge in [-0.2, -0.15) is 0 Å². The Kier molecular flexibility index (Phi) is 4.42. The Bertz CT molecular complexity index is 399. The van der Waals surface area contributed by atoms with Gasteiger partial charge in [0.05, 0.1) is 13.4 Å². The van der Waals surface area contributed by atoms with Crippen molar-refractivity contribution in [2.24, 2.45) is 5.92 Å². The van der Waals surface area contributed by atoms with Crippen LogP contribution < -0.4 is 5.32 Å². The molecule has 4 heteroatoms. The van der Waals surface area contributed by atoms with Crippen LogP contribution in [0.5, 0.6) is 0 Å². The van der Waals surface area contributed by atoms with Crippen LogP contribution in [0.15, 0.2) is 16.7 Å². The largest absolute Gasteiger partial charge is 0.463 e. The molecule has 100 valence electrons. The zero-order valence-electron chi connectivity index (χ0n) is 11.1. The molecule has 2 unspecified atom stereocenters. The maximum atomic E-state index is 11.5. The van der Waals surface area contributed by atoms with Crippen molar-refractivity contribution in [3.05, 3.63) is 23.7 Å². The monoisotopic (exact) mass is 251 g/mol. The van der Waals surface area contributed by atoms with E-state index in [1.807, 2.05) is 6.07 Å². The first-order valence-corrected chi connectivity index (χ1v) is 6.58. The molecule has 0 aliphatic heterocycles. The Morgan fingerprint density at radius 2 is 2.39 bits per heavy atom. The average Bonchev–Trinajstić information content (AvgIpc) is 2.84. The normalized spacial score (nSPS) is 23.9. The number of furan rings is 1. The van der Waals surface area contributed by atoms with Gasteiger partial charge < -0.3 is 14.5 Å². The first-order chi connectivity index (χ1) is 8.70. The number of carbonyl (C=O) groups is 1. The van der Waals surface area contributed by atoms with Gasteiger partial charge in [-0.05, 0) is 24.8 Å². The van der Waals surface area contributed by atoms with Gasteiger partial charge in [-0.25, -0.2) is 4.79 Å². The van der Waals surface area contributed by atoms with Crippen LogP contribution >= 0.6 is 0 Å². The topological polar surface area (TPSA) is 51.5 Å². The highest BCUT2D eigenvalue weighted by atomic mass is 16.5. The van der Waals surface area contributed by atoms with Crippen LogP contribution in [0.4, 0.5) is 0 Å². The third kappa shape index (κ3) is 3.13. The maximum Gasteiger partial charge on any atom is 0.374 e. The van der Waals surface area contributed by atoms with Gasteiger partial charge >= 0.3 is 5.97 Å². The summed E-state index contributed by atoms with van der Waals surface area (Å²) in [7, 11) is 1.37. The lowest BCUT2D eigenvalue weighted by molar-refractivity contribution is 0.0563. The molecule has 2 rings (SSSR count). The Labute approximate surface area is 108 Å². The Balaban J connectivity index is 1.90. The zero-order chi connectivity index (χ0) is 13.0. The molecule has 0 radical (unpaired) electrons. The molecule has 0 amide bonds. The van der Waals surface area contributed by atoms with Crippen LogP contribution in [0.1, 0.15) is 48.7 Å². The first-order valence-electron chi connectivity index (χ1n) is 6.58. The number of hydrogen-bond acceptors (Lipinski definition) is 4. The molecule has 1 aliphatic carbocycles. The summed E-state index contributed by atoms with van der Waals surface area (Å²) in [6.07, 6.45) is 6.58. The molecule has 4 nitrogen and oxygen atoms in total. The second kappa shape index (κ2) is 6.05. The van der Waals surface area contributed by atoms with Crippen molar-refractivity contribution in [3.8, 4) is 0 Å². The molecule has 1 heterocycles. The highest BCUT2D eigenvalue weighted by Gasteiger charge is 2.20. The lowest BCUT2D eigenvalue weighted by Gasteiger charge is -2.27. The number of carbonyl (C=O) groups excluding carboxylic acids is 1. The standard InChI is InChI=1S/C14H21NO3/c1-10-4-3-5-12(8-10)15-9-11-6-7-18-13(11)14(16)17-2/h6-7,10,12,15H,3-5,8-9H2,1-2H3. The lowest BCUT2D eigenvalue weighted by atomic mass is 9.87. The summed E-state index contributed by atoms with van der Waals surface area (Å²) < 4.78 is 9.85. The molecule has 0 aromatic carbocycles. The van der Waals surface area contributed by atoms with Gasteiger partial charge in [0.2, 0.25) is 5.76 Å². The summed E-state index contributed by atoms with van der Waals surface area (Å²) >= 11 is 0. The van der Waals surface area contributed by atoms with Crippen molar-refractivity contribution in [2.45, 2.75) is 45.2 Å². The number of methoxy groups -OCH3 is 1. The summed E-state index contributed by atoms with van der Waals surface area (Å²) in [5.74, 6) is 0.698. The van der Waals surface area contributed by atoms with Crippen molar-refractivity contribution >= 4 is 5.97 Å². The Morgan fingerprint density at radius 3 is 3.11 bits per heavy atom. The van der Waals surface area contributed by atoms with Gasteiger partial charge in [-0.1, -0.05) is 19.8 Å². The second-order valence-corrected chi connectivity index (χ2v) is 5.12. The molecule has 1 fully saturated rings. The van der Waals surface area contributed by atoms with E-state index in [9.17, 15) is 4.79 Å². The average molecular weight is 251 g/mol. The van der Waals surface area contributed by atoms with E-state index in [0.29, 0.717) is 18.3 Å². The number of nitrogens with one attached hydrogen (secondary N) is 1. The minimum absolute atomic E-state index is 0.314. The summed E-state index contributed by atoms with van der Waals surface area (Å²) in [6.45, 7) is 2.96. The fraction of sp³-hybridized carbons (Fsp3) is 0.643. The van der Waals surface area contributed by atoms with Crippen LogP contribution in [0.2, 0.25) is 0 Å². The second-order valence-electron chi connectivity index (χ2n) is 5.12. The number of ether oxygens (including phenoxy) is 1. The van der Waals surface area contributed by atoms with Crippen molar-refractivity contribution in [1.29, 1.82) is 0 Å². The lowest BCUT2D eigenvalue weighted by Crippen LogP contribution is -2.33. The molecule has 1 saturated carbocycles. The smallest absolute Gasteiger partial charge is 0.374 e. The molecule has 0 bridgehead atoms. The molecule has 0 saturated heterocycles. The van der Waals surface area contributed by atoms with E-state index in [0.717, 1.165) is 11.5 Å². The highest BCUT2D eigenvalue weighted by Crippen LogP contribution is 2.24. The molecule has 18 heavy (non-hydrogen) atoms. The van der Waals surface area contributed by atoms with Crippen molar-refractivity contribution in [1.82, 2.24) is 5.32 Å². The van der Waals surface area contributed by atoms with Gasteiger partial charge in [0.25, 0.3) is 0 Å². The molecule has 1 N–H and O–H groups in total. The van der Waals surface area contributed by atoms with Gasteiger partial charge in [-0.3, -0.25) is 0 Å². The van der Waals surface area contributed by atoms with Crippen LogP contribution in [0.25, 0.3) is 0 Å². The predicted molar refractivity (Wildman–Crippen MR) is 68.3 cm³/mol. The minimum Gasteiger partial charge on any atom is -0.463 e.